The number of rotatable bonds is 2. The van der Waals surface area contributed by atoms with Gasteiger partial charge in [0.05, 0.1) is 6.54 Å². The third kappa shape index (κ3) is 3.86. The summed E-state index contributed by atoms with van der Waals surface area (Å²) in [7, 11) is -1.36. The van der Waals surface area contributed by atoms with Crippen LogP contribution in [0.5, 0.6) is 0 Å². The summed E-state index contributed by atoms with van der Waals surface area (Å²) < 4.78 is 1.82. The van der Waals surface area contributed by atoms with Crippen LogP contribution in [0.25, 0.3) is 0 Å². The molecule has 0 aliphatic rings. The zero-order chi connectivity index (χ0) is 13.0. The molecule has 0 aliphatic heterocycles. The highest BCUT2D eigenvalue weighted by atomic mass is 28.3. The third-order valence-electron chi connectivity index (χ3n) is 2.27. The summed E-state index contributed by atoms with van der Waals surface area (Å²) in [5, 5.41) is 4.36. The molecular formula is C14H17N3Si. The maximum atomic E-state index is 4.36. The maximum Gasteiger partial charge on any atom is 0.224 e. The Bertz CT molecular complexity index is 570. The first kappa shape index (κ1) is 12.6. The van der Waals surface area contributed by atoms with Gasteiger partial charge in [-0.3, -0.25) is 0 Å². The van der Waals surface area contributed by atoms with Crippen molar-refractivity contribution in [2.75, 3.05) is 0 Å². The second kappa shape index (κ2) is 5.19. The molecule has 0 amide bonds. The number of hydrogen-bond donors (Lipinski definition) is 0. The molecule has 92 valence electrons. The van der Waals surface area contributed by atoms with E-state index in [0.717, 1.165) is 6.54 Å². The summed E-state index contributed by atoms with van der Waals surface area (Å²) in [4.78, 5) is 4.22. The fraction of sp³-hybridized carbons (Fsp3) is 0.286. The lowest BCUT2D eigenvalue weighted by Crippen LogP contribution is -2.16. The predicted octanol–water partition coefficient (Wildman–Crippen LogP) is 2.56. The molecule has 0 atom stereocenters. The normalized spacial score (nSPS) is 10.8. The van der Waals surface area contributed by atoms with E-state index >= 15 is 0 Å². The molecule has 0 radical (unpaired) electrons. The summed E-state index contributed by atoms with van der Waals surface area (Å²) in [5.41, 5.74) is 4.48. The van der Waals surface area contributed by atoms with E-state index in [2.05, 4.69) is 53.3 Å². The quantitative estimate of drug-likeness (QED) is 0.610. The van der Waals surface area contributed by atoms with Crippen LogP contribution in [0.1, 0.15) is 11.4 Å². The van der Waals surface area contributed by atoms with E-state index in [1.54, 1.807) is 6.33 Å². The van der Waals surface area contributed by atoms with Gasteiger partial charge >= 0.3 is 0 Å². The highest BCUT2D eigenvalue weighted by Crippen LogP contribution is 2.01. The topological polar surface area (TPSA) is 30.7 Å². The van der Waals surface area contributed by atoms with Crippen molar-refractivity contribution in [1.82, 2.24) is 14.8 Å². The molecule has 0 saturated heterocycles. The first-order chi connectivity index (χ1) is 8.53. The summed E-state index contributed by atoms with van der Waals surface area (Å²) >= 11 is 0. The van der Waals surface area contributed by atoms with Gasteiger partial charge in [0, 0.05) is 0 Å². The first-order valence-electron chi connectivity index (χ1n) is 5.99. The molecular weight excluding hydrogens is 238 g/mol. The van der Waals surface area contributed by atoms with Crippen molar-refractivity contribution in [3.05, 3.63) is 48.0 Å². The van der Waals surface area contributed by atoms with Crippen LogP contribution in [0.2, 0.25) is 19.6 Å². The molecule has 0 aliphatic carbocycles. The zero-order valence-corrected chi connectivity index (χ0v) is 12.0. The second-order valence-electron chi connectivity index (χ2n) is 5.25. The molecule has 1 heterocycles. The lowest BCUT2D eigenvalue weighted by Gasteiger charge is -2.02. The van der Waals surface area contributed by atoms with Gasteiger partial charge in [0.15, 0.2) is 0 Å². The Kier molecular flexibility index (Phi) is 3.63. The average Bonchev–Trinajstić information content (AvgIpc) is 2.75. The van der Waals surface area contributed by atoms with E-state index in [0.29, 0.717) is 5.82 Å². The highest BCUT2D eigenvalue weighted by molar-refractivity contribution is 6.83. The molecule has 0 bridgehead atoms. The van der Waals surface area contributed by atoms with E-state index in [-0.39, 0.29) is 0 Å². The van der Waals surface area contributed by atoms with Gasteiger partial charge in [-0.25, -0.2) is 9.67 Å². The van der Waals surface area contributed by atoms with Crippen molar-refractivity contribution in [2.24, 2.45) is 0 Å². The van der Waals surface area contributed by atoms with Crippen LogP contribution in [0.4, 0.5) is 0 Å². The van der Waals surface area contributed by atoms with Crippen molar-refractivity contribution in [3.8, 4) is 11.5 Å². The smallest absolute Gasteiger partial charge is 0.224 e. The largest absolute Gasteiger partial charge is 0.247 e. The van der Waals surface area contributed by atoms with Gasteiger partial charge in [-0.1, -0.05) is 50.0 Å². The van der Waals surface area contributed by atoms with Crippen LogP contribution in [0.15, 0.2) is 36.7 Å². The van der Waals surface area contributed by atoms with Gasteiger partial charge in [0.25, 0.3) is 0 Å². The molecule has 0 spiro atoms. The molecule has 0 fully saturated rings. The summed E-state index contributed by atoms with van der Waals surface area (Å²) in [5.74, 6) is 3.68. The van der Waals surface area contributed by atoms with Crippen LogP contribution in [0.3, 0.4) is 0 Å². The molecule has 1 aromatic carbocycles. The van der Waals surface area contributed by atoms with Crippen LogP contribution in [-0.2, 0) is 6.54 Å². The molecule has 18 heavy (non-hydrogen) atoms. The standard InChI is InChI=1S/C14H17N3Si/c1-18(2,3)10-9-14-15-12-17(16-14)11-13-7-5-4-6-8-13/h4-8,12H,11H2,1-3H3. The average molecular weight is 255 g/mol. The van der Waals surface area contributed by atoms with Crippen molar-refractivity contribution < 1.29 is 0 Å². The first-order valence-corrected chi connectivity index (χ1v) is 9.49. The van der Waals surface area contributed by atoms with Gasteiger partial charge in [0.1, 0.15) is 14.4 Å². The molecule has 3 nitrogen and oxygen atoms in total. The fourth-order valence-corrected chi connectivity index (χ4v) is 1.93. The van der Waals surface area contributed by atoms with E-state index < -0.39 is 8.07 Å². The van der Waals surface area contributed by atoms with Gasteiger partial charge < -0.3 is 0 Å². The van der Waals surface area contributed by atoms with Crippen LogP contribution in [-0.4, -0.2) is 22.8 Å². The minimum atomic E-state index is -1.36. The minimum absolute atomic E-state index is 0.619. The highest BCUT2D eigenvalue weighted by Gasteiger charge is 2.08. The molecule has 0 unspecified atom stereocenters. The zero-order valence-electron chi connectivity index (χ0n) is 11.0. The lowest BCUT2D eigenvalue weighted by atomic mass is 10.2. The van der Waals surface area contributed by atoms with Crippen molar-refractivity contribution >= 4 is 8.07 Å². The molecule has 4 heteroatoms. The molecule has 0 N–H and O–H groups in total. The minimum Gasteiger partial charge on any atom is -0.247 e. The molecule has 2 aromatic rings. The molecule has 1 aromatic heterocycles. The van der Waals surface area contributed by atoms with E-state index in [1.807, 2.05) is 22.9 Å². The number of benzene rings is 1. The van der Waals surface area contributed by atoms with Crippen LogP contribution >= 0.6 is 0 Å². The van der Waals surface area contributed by atoms with Crippen molar-refractivity contribution in [2.45, 2.75) is 26.2 Å². The third-order valence-corrected chi connectivity index (χ3v) is 3.15. The Morgan fingerprint density at radius 1 is 1.17 bits per heavy atom. The monoisotopic (exact) mass is 255 g/mol. The number of nitrogens with zero attached hydrogens (tertiary/aromatic N) is 3. The van der Waals surface area contributed by atoms with Gasteiger partial charge in [0.2, 0.25) is 5.82 Å². The summed E-state index contributed by atoms with van der Waals surface area (Å²) in [6.45, 7) is 7.37. The number of aromatic nitrogens is 3. The molecule has 2 rings (SSSR count). The van der Waals surface area contributed by atoms with E-state index in [1.165, 1.54) is 5.56 Å². The Morgan fingerprint density at radius 3 is 2.56 bits per heavy atom. The lowest BCUT2D eigenvalue weighted by molar-refractivity contribution is 0.683. The second-order valence-corrected chi connectivity index (χ2v) is 10.0. The fourth-order valence-electron chi connectivity index (χ4n) is 1.44. The SMILES string of the molecule is C[Si](C)(C)C#Cc1ncn(Cc2ccccc2)n1. The van der Waals surface area contributed by atoms with Gasteiger partial charge in [-0.2, -0.15) is 0 Å². The van der Waals surface area contributed by atoms with Gasteiger partial charge in [-0.05, 0) is 11.5 Å². The molecule has 0 saturated carbocycles. The Labute approximate surface area is 109 Å². The predicted molar refractivity (Wildman–Crippen MR) is 75.8 cm³/mol. The van der Waals surface area contributed by atoms with Crippen molar-refractivity contribution in [3.63, 3.8) is 0 Å². The van der Waals surface area contributed by atoms with Gasteiger partial charge in [-0.15, -0.1) is 10.6 Å². The van der Waals surface area contributed by atoms with Crippen LogP contribution in [0, 0.1) is 11.5 Å². The Balaban J connectivity index is 2.09. The van der Waals surface area contributed by atoms with Crippen molar-refractivity contribution in [1.29, 1.82) is 0 Å². The summed E-state index contributed by atoms with van der Waals surface area (Å²) in [6.07, 6.45) is 1.74. The van der Waals surface area contributed by atoms with E-state index in [9.17, 15) is 0 Å². The number of hydrogen-bond acceptors (Lipinski definition) is 2. The van der Waals surface area contributed by atoms with E-state index in [4.69, 9.17) is 0 Å². The Morgan fingerprint density at radius 2 is 1.89 bits per heavy atom. The summed E-state index contributed by atoms with van der Waals surface area (Å²) in [6, 6.07) is 10.2. The van der Waals surface area contributed by atoms with Crippen LogP contribution < -0.4 is 0 Å². The Hall–Kier alpha value is -1.86. The maximum absolute atomic E-state index is 4.36.